The van der Waals surface area contributed by atoms with Crippen LogP contribution in [0.5, 0.6) is 0 Å². The Hall–Kier alpha value is -3.77. The number of benzene rings is 3. The fourth-order valence-corrected chi connectivity index (χ4v) is 6.21. The van der Waals surface area contributed by atoms with Crippen LogP contribution < -0.4 is 5.32 Å². The molecule has 0 aromatic heterocycles. The second kappa shape index (κ2) is 12.0. The van der Waals surface area contributed by atoms with E-state index >= 15 is 0 Å². The van der Waals surface area contributed by atoms with Crippen molar-refractivity contribution < 1.29 is 14.4 Å². The largest absolute Gasteiger partial charge is 0.338 e. The van der Waals surface area contributed by atoms with E-state index in [2.05, 4.69) is 5.32 Å². The molecule has 0 aliphatic carbocycles. The van der Waals surface area contributed by atoms with Crippen LogP contribution in [-0.4, -0.2) is 59.6 Å². The first kappa shape index (κ1) is 26.8. The number of nitrogens with zero attached hydrogens (tertiary/aromatic N) is 2. The van der Waals surface area contributed by atoms with Crippen LogP contribution in [0.4, 0.5) is 0 Å². The molecule has 5 rings (SSSR count). The van der Waals surface area contributed by atoms with Crippen molar-refractivity contribution >= 4 is 17.6 Å². The van der Waals surface area contributed by atoms with Gasteiger partial charge in [-0.15, -0.1) is 0 Å². The predicted molar refractivity (Wildman–Crippen MR) is 152 cm³/mol. The van der Waals surface area contributed by atoms with Gasteiger partial charge in [-0.1, -0.05) is 105 Å². The summed E-state index contributed by atoms with van der Waals surface area (Å²) in [4.78, 5) is 46.7. The summed E-state index contributed by atoms with van der Waals surface area (Å²) < 4.78 is 0. The first-order chi connectivity index (χ1) is 19.0. The highest BCUT2D eigenvalue weighted by atomic mass is 16.2. The Balaban J connectivity index is 1.73. The SMILES string of the molecule is CC(C)CC(=O)N1C(C(=O)N2CCNCC2)C(c2ccccc2)C(C(=O)c2ccccc2)C1c1ccccc1. The lowest BCUT2D eigenvalue weighted by Crippen LogP contribution is -2.55. The van der Waals surface area contributed by atoms with Crippen LogP contribution in [0.3, 0.4) is 0 Å². The molecule has 2 fully saturated rings. The van der Waals surface area contributed by atoms with Crippen molar-refractivity contribution in [1.82, 2.24) is 15.1 Å². The van der Waals surface area contributed by atoms with E-state index in [4.69, 9.17) is 0 Å². The van der Waals surface area contributed by atoms with E-state index in [1.54, 1.807) is 4.90 Å². The zero-order valence-corrected chi connectivity index (χ0v) is 22.7. The molecule has 202 valence electrons. The molecule has 2 amide bonds. The second-order valence-electron chi connectivity index (χ2n) is 11.0. The van der Waals surface area contributed by atoms with Gasteiger partial charge in [0, 0.05) is 44.1 Å². The summed E-state index contributed by atoms with van der Waals surface area (Å²) in [5.74, 6) is -1.20. The molecular formula is C33H37N3O3. The number of nitrogens with one attached hydrogen (secondary N) is 1. The maximum Gasteiger partial charge on any atom is 0.246 e. The fraction of sp³-hybridized carbons (Fsp3) is 0.364. The molecule has 2 heterocycles. The molecule has 0 spiro atoms. The summed E-state index contributed by atoms with van der Waals surface area (Å²) in [5, 5.41) is 3.32. The summed E-state index contributed by atoms with van der Waals surface area (Å²) in [7, 11) is 0. The summed E-state index contributed by atoms with van der Waals surface area (Å²) >= 11 is 0. The van der Waals surface area contributed by atoms with E-state index in [-0.39, 0.29) is 23.5 Å². The van der Waals surface area contributed by atoms with Crippen LogP contribution in [0.1, 0.15) is 53.7 Å². The van der Waals surface area contributed by atoms with Crippen molar-refractivity contribution in [2.24, 2.45) is 11.8 Å². The molecule has 4 unspecified atom stereocenters. The van der Waals surface area contributed by atoms with Gasteiger partial charge in [-0.2, -0.15) is 0 Å². The van der Waals surface area contributed by atoms with Crippen LogP contribution in [0.25, 0.3) is 0 Å². The van der Waals surface area contributed by atoms with Crippen molar-refractivity contribution in [2.45, 2.75) is 38.3 Å². The third kappa shape index (κ3) is 5.52. The van der Waals surface area contributed by atoms with Crippen LogP contribution in [0.15, 0.2) is 91.0 Å². The molecule has 0 saturated carbocycles. The van der Waals surface area contributed by atoms with Gasteiger partial charge in [-0.25, -0.2) is 0 Å². The summed E-state index contributed by atoms with van der Waals surface area (Å²) in [6, 6.07) is 27.5. The first-order valence-electron chi connectivity index (χ1n) is 14.0. The van der Waals surface area contributed by atoms with Crippen molar-refractivity contribution in [3.05, 3.63) is 108 Å². The van der Waals surface area contributed by atoms with Crippen molar-refractivity contribution in [3.8, 4) is 0 Å². The zero-order valence-electron chi connectivity index (χ0n) is 22.7. The number of likely N-dealkylation sites (tertiary alicyclic amines) is 1. The number of rotatable bonds is 7. The van der Waals surface area contributed by atoms with E-state index in [1.165, 1.54) is 0 Å². The van der Waals surface area contributed by atoms with E-state index in [0.717, 1.165) is 11.1 Å². The number of hydrogen-bond donors (Lipinski definition) is 1. The molecule has 3 aromatic carbocycles. The monoisotopic (exact) mass is 523 g/mol. The van der Waals surface area contributed by atoms with Crippen LogP contribution >= 0.6 is 0 Å². The average Bonchev–Trinajstić information content (AvgIpc) is 3.34. The molecule has 0 radical (unpaired) electrons. The second-order valence-corrected chi connectivity index (χ2v) is 11.0. The number of amides is 2. The standard InChI is InChI=1S/C33H37N3O3/c1-23(2)22-27(37)36-30(25-14-8-4-9-15-25)29(32(38)26-16-10-5-11-17-26)28(24-12-6-3-7-13-24)31(36)33(39)35-20-18-34-19-21-35/h3-17,23,28-31,34H,18-22H2,1-2H3. The third-order valence-electron chi connectivity index (χ3n) is 7.91. The molecule has 6 nitrogen and oxygen atoms in total. The maximum absolute atomic E-state index is 14.5. The minimum atomic E-state index is -0.778. The highest BCUT2D eigenvalue weighted by molar-refractivity contribution is 6.02. The Morgan fingerprint density at radius 3 is 1.90 bits per heavy atom. The summed E-state index contributed by atoms with van der Waals surface area (Å²) in [5.41, 5.74) is 2.37. The van der Waals surface area contributed by atoms with Gasteiger partial charge in [0.1, 0.15) is 6.04 Å². The summed E-state index contributed by atoms with van der Waals surface area (Å²) in [6.45, 7) is 6.61. The minimum absolute atomic E-state index is 0.0451. The molecule has 2 aliphatic rings. The van der Waals surface area contributed by atoms with Gasteiger partial charge < -0.3 is 15.1 Å². The Labute approximate surface area is 231 Å². The minimum Gasteiger partial charge on any atom is -0.338 e. The third-order valence-corrected chi connectivity index (χ3v) is 7.91. The number of hydrogen-bond acceptors (Lipinski definition) is 4. The quantitative estimate of drug-likeness (QED) is 0.456. The van der Waals surface area contributed by atoms with Gasteiger partial charge in [0.05, 0.1) is 12.0 Å². The van der Waals surface area contributed by atoms with E-state index in [9.17, 15) is 14.4 Å². The van der Waals surface area contributed by atoms with Crippen LogP contribution in [-0.2, 0) is 9.59 Å². The van der Waals surface area contributed by atoms with E-state index < -0.39 is 23.9 Å². The van der Waals surface area contributed by atoms with Gasteiger partial charge in [0.2, 0.25) is 11.8 Å². The molecule has 0 bridgehead atoms. The van der Waals surface area contributed by atoms with Crippen molar-refractivity contribution in [3.63, 3.8) is 0 Å². The molecule has 4 atom stereocenters. The molecule has 39 heavy (non-hydrogen) atoms. The van der Waals surface area contributed by atoms with Crippen LogP contribution in [0.2, 0.25) is 0 Å². The first-order valence-corrected chi connectivity index (χ1v) is 14.0. The molecule has 2 saturated heterocycles. The number of carbonyl (C=O) groups excluding carboxylic acids is 3. The number of carbonyl (C=O) groups is 3. The average molecular weight is 524 g/mol. The predicted octanol–water partition coefficient (Wildman–Crippen LogP) is 4.70. The Kier molecular flexibility index (Phi) is 8.22. The van der Waals surface area contributed by atoms with Crippen LogP contribution in [0, 0.1) is 11.8 Å². The maximum atomic E-state index is 14.5. The van der Waals surface area contributed by atoms with Gasteiger partial charge in [-0.3, -0.25) is 14.4 Å². The van der Waals surface area contributed by atoms with E-state index in [0.29, 0.717) is 38.2 Å². The Bertz CT molecular complexity index is 1270. The molecular weight excluding hydrogens is 486 g/mol. The lowest BCUT2D eigenvalue weighted by atomic mass is 9.76. The topological polar surface area (TPSA) is 69.7 Å². The smallest absolute Gasteiger partial charge is 0.246 e. The number of ketones is 1. The van der Waals surface area contributed by atoms with Crippen molar-refractivity contribution in [1.29, 1.82) is 0 Å². The fourth-order valence-electron chi connectivity index (χ4n) is 6.21. The Morgan fingerprint density at radius 2 is 1.33 bits per heavy atom. The van der Waals surface area contributed by atoms with E-state index in [1.807, 2.05) is 110 Å². The van der Waals surface area contributed by atoms with Gasteiger partial charge in [0.15, 0.2) is 5.78 Å². The number of Topliss-reactive ketones (excluding diaryl/α,β-unsaturated/α-hetero) is 1. The van der Waals surface area contributed by atoms with Gasteiger partial charge >= 0.3 is 0 Å². The highest BCUT2D eigenvalue weighted by Crippen LogP contribution is 2.52. The highest BCUT2D eigenvalue weighted by Gasteiger charge is 2.57. The normalized spacial score (nSPS) is 23.2. The number of piperazine rings is 1. The van der Waals surface area contributed by atoms with Gasteiger partial charge in [0.25, 0.3) is 0 Å². The Morgan fingerprint density at radius 1 is 0.795 bits per heavy atom. The zero-order chi connectivity index (χ0) is 27.4. The molecule has 6 heteroatoms. The lowest BCUT2D eigenvalue weighted by molar-refractivity contribution is -0.146. The molecule has 3 aromatic rings. The van der Waals surface area contributed by atoms with Crippen molar-refractivity contribution in [2.75, 3.05) is 26.2 Å². The van der Waals surface area contributed by atoms with Gasteiger partial charge in [-0.05, 0) is 17.0 Å². The summed E-state index contributed by atoms with van der Waals surface area (Å²) in [6.07, 6.45) is 0.308. The molecule has 1 N–H and O–H groups in total. The lowest BCUT2D eigenvalue weighted by Gasteiger charge is -2.36. The molecule has 2 aliphatic heterocycles.